The Hall–Kier alpha value is -0.410. The second kappa shape index (κ2) is 7.83. The van der Waals surface area contributed by atoms with Crippen molar-refractivity contribution in [1.29, 1.82) is 0 Å². The van der Waals surface area contributed by atoms with Gasteiger partial charge in [0.05, 0.1) is 12.3 Å². The van der Waals surface area contributed by atoms with Gasteiger partial charge >= 0.3 is 0 Å². The first-order chi connectivity index (χ1) is 7.38. The molecule has 3 heteroatoms. The Labute approximate surface area is 96.8 Å². The van der Waals surface area contributed by atoms with E-state index in [1.165, 1.54) is 12.2 Å². The van der Waals surface area contributed by atoms with E-state index in [1.54, 1.807) is 6.26 Å². The molecule has 1 atom stereocenters. The fourth-order valence-corrected chi connectivity index (χ4v) is 2.37. The van der Waals surface area contributed by atoms with E-state index in [2.05, 4.69) is 25.2 Å². The smallest absolute Gasteiger partial charge is 0.121 e. The third kappa shape index (κ3) is 4.76. The minimum Gasteiger partial charge on any atom is -0.468 e. The van der Waals surface area contributed by atoms with Crippen LogP contribution in [-0.4, -0.2) is 18.1 Å². The van der Waals surface area contributed by atoms with Gasteiger partial charge in [-0.25, -0.2) is 0 Å². The molecule has 1 unspecified atom stereocenters. The van der Waals surface area contributed by atoms with Gasteiger partial charge in [-0.1, -0.05) is 13.8 Å². The third-order valence-corrected chi connectivity index (χ3v) is 3.43. The lowest BCUT2D eigenvalue weighted by Gasteiger charge is -2.15. The van der Waals surface area contributed by atoms with Gasteiger partial charge in [0.2, 0.25) is 0 Å². The van der Waals surface area contributed by atoms with E-state index in [0.717, 1.165) is 24.5 Å². The maximum Gasteiger partial charge on any atom is 0.121 e. The van der Waals surface area contributed by atoms with Crippen LogP contribution < -0.4 is 5.32 Å². The van der Waals surface area contributed by atoms with Crippen molar-refractivity contribution in [2.45, 2.75) is 32.7 Å². The lowest BCUT2D eigenvalue weighted by atomic mass is 10.2. The molecule has 0 spiro atoms. The van der Waals surface area contributed by atoms with E-state index >= 15 is 0 Å². The molecule has 0 aliphatic heterocycles. The maximum absolute atomic E-state index is 5.45. The molecule has 0 radical (unpaired) electrons. The Bertz CT molecular complexity index is 236. The highest BCUT2D eigenvalue weighted by Gasteiger charge is 2.12. The first kappa shape index (κ1) is 12.7. The molecule has 0 bridgehead atoms. The van der Waals surface area contributed by atoms with Crippen molar-refractivity contribution in [3.8, 4) is 0 Å². The quantitative estimate of drug-likeness (QED) is 0.688. The Morgan fingerprint density at radius 2 is 2.27 bits per heavy atom. The molecule has 0 aromatic carbocycles. The highest BCUT2D eigenvalue weighted by molar-refractivity contribution is 7.99. The average molecular weight is 227 g/mol. The maximum atomic E-state index is 5.45. The second-order valence-corrected chi connectivity index (χ2v) is 4.75. The SMILES string of the molecule is CCCNC(CSCCC)c1ccco1. The molecule has 0 fully saturated rings. The number of nitrogens with one attached hydrogen (secondary N) is 1. The second-order valence-electron chi connectivity index (χ2n) is 3.60. The molecule has 1 rings (SSSR count). The summed E-state index contributed by atoms with van der Waals surface area (Å²) in [6.07, 6.45) is 4.15. The Kier molecular flexibility index (Phi) is 6.60. The standard InChI is InChI=1S/C12H21NOS/c1-3-7-13-11(10-15-9-4-2)12-6-5-8-14-12/h5-6,8,11,13H,3-4,7,9-10H2,1-2H3. The van der Waals surface area contributed by atoms with Gasteiger partial charge in [-0.2, -0.15) is 11.8 Å². The molecule has 1 aromatic rings. The van der Waals surface area contributed by atoms with Crippen LogP contribution in [0.1, 0.15) is 38.5 Å². The van der Waals surface area contributed by atoms with Gasteiger partial charge in [0.15, 0.2) is 0 Å². The van der Waals surface area contributed by atoms with Crippen molar-refractivity contribution >= 4 is 11.8 Å². The molecule has 0 saturated carbocycles. The summed E-state index contributed by atoms with van der Waals surface area (Å²) in [5.74, 6) is 3.39. The van der Waals surface area contributed by atoms with Crippen LogP contribution in [0.4, 0.5) is 0 Å². The summed E-state index contributed by atoms with van der Waals surface area (Å²) >= 11 is 1.99. The van der Waals surface area contributed by atoms with Crippen LogP contribution in [0, 0.1) is 0 Å². The third-order valence-electron chi connectivity index (χ3n) is 2.16. The van der Waals surface area contributed by atoms with Gasteiger partial charge in [0.1, 0.15) is 5.76 Å². The van der Waals surface area contributed by atoms with E-state index in [-0.39, 0.29) is 0 Å². The number of furan rings is 1. The van der Waals surface area contributed by atoms with Crippen LogP contribution in [0.15, 0.2) is 22.8 Å². The van der Waals surface area contributed by atoms with E-state index in [9.17, 15) is 0 Å². The molecule has 0 aliphatic carbocycles. The highest BCUT2D eigenvalue weighted by atomic mass is 32.2. The van der Waals surface area contributed by atoms with Crippen molar-refractivity contribution < 1.29 is 4.42 Å². The molecular formula is C12H21NOS. The van der Waals surface area contributed by atoms with Gasteiger partial charge in [0.25, 0.3) is 0 Å². The van der Waals surface area contributed by atoms with Gasteiger partial charge in [-0.3, -0.25) is 0 Å². The normalized spacial score (nSPS) is 12.9. The van der Waals surface area contributed by atoms with Crippen LogP contribution in [0.25, 0.3) is 0 Å². The van der Waals surface area contributed by atoms with Crippen molar-refractivity contribution in [3.63, 3.8) is 0 Å². The minimum atomic E-state index is 0.372. The summed E-state index contributed by atoms with van der Waals surface area (Å²) in [5.41, 5.74) is 0. The minimum absolute atomic E-state index is 0.372. The van der Waals surface area contributed by atoms with Crippen molar-refractivity contribution in [3.05, 3.63) is 24.2 Å². The van der Waals surface area contributed by atoms with Crippen molar-refractivity contribution in [2.24, 2.45) is 0 Å². The fourth-order valence-electron chi connectivity index (χ4n) is 1.40. The topological polar surface area (TPSA) is 25.2 Å². The zero-order valence-electron chi connectivity index (χ0n) is 9.66. The van der Waals surface area contributed by atoms with Crippen LogP contribution in [0.5, 0.6) is 0 Å². The van der Waals surface area contributed by atoms with Crippen LogP contribution in [-0.2, 0) is 0 Å². The summed E-state index contributed by atoms with van der Waals surface area (Å²) in [6.45, 7) is 5.46. The summed E-state index contributed by atoms with van der Waals surface area (Å²) in [6, 6.07) is 4.39. The van der Waals surface area contributed by atoms with Gasteiger partial charge in [0, 0.05) is 5.75 Å². The van der Waals surface area contributed by atoms with Crippen LogP contribution in [0.2, 0.25) is 0 Å². The lowest BCUT2D eigenvalue weighted by Crippen LogP contribution is -2.23. The first-order valence-corrected chi connectivity index (χ1v) is 6.88. The molecule has 15 heavy (non-hydrogen) atoms. The summed E-state index contributed by atoms with van der Waals surface area (Å²) < 4.78 is 5.45. The average Bonchev–Trinajstić information content (AvgIpc) is 2.76. The molecule has 1 aromatic heterocycles. The molecule has 86 valence electrons. The monoisotopic (exact) mass is 227 g/mol. The van der Waals surface area contributed by atoms with E-state index in [1.807, 2.05) is 17.8 Å². The molecule has 0 saturated heterocycles. The predicted molar refractivity (Wildman–Crippen MR) is 67.4 cm³/mol. The zero-order valence-corrected chi connectivity index (χ0v) is 10.5. The summed E-state index contributed by atoms with van der Waals surface area (Å²) in [7, 11) is 0. The van der Waals surface area contributed by atoms with Gasteiger partial charge in [-0.15, -0.1) is 0 Å². The lowest BCUT2D eigenvalue weighted by molar-refractivity contribution is 0.435. The zero-order chi connectivity index (χ0) is 10.9. The Morgan fingerprint density at radius 1 is 1.40 bits per heavy atom. The van der Waals surface area contributed by atoms with Gasteiger partial charge in [-0.05, 0) is 37.3 Å². The van der Waals surface area contributed by atoms with Crippen molar-refractivity contribution in [2.75, 3.05) is 18.1 Å². The molecule has 2 nitrogen and oxygen atoms in total. The molecule has 1 N–H and O–H groups in total. The Balaban J connectivity index is 2.39. The molecular weight excluding hydrogens is 206 g/mol. The molecule has 1 heterocycles. The number of hydrogen-bond donors (Lipinski definition) is 1. The van der Waals surface area contributed by atoms with Crippen molar-refractivity contribution in [1.82, 2.24) is 5.32 Å². The molecule has 0 aliphatic rings. The van der Waals surface area contributed by atoms with Crippen LogP contribution >= 0.6 is 11.8 Å². The van der Waals surface area contributed by atoms with Crippen LogP contribution in [0.3, 0.4) is 0 Å². The summed E-state index contributed by atoms with van der Waals surface area (Å²) in [4.78, 5) is 0. The fraction of sp³-hybridized carbons (Fsp3) is 0.667. The molecule has 0 amide bonds. The largest absolute Gasteiger partial charge is 0.468 e. The number of rotatable bonds is 8. The predicted octanol–water partition coefficient (Wildman–Crippen LogP) is 3.46. The van der Waals surface area contributed by atoms with E-state index in [4.69, 9.17) is 4.42 Å². The van der Waals surface area contributed by atoms with Gasteiger partial charge < -0.3 is 9.73 Å². The Morgan fingerprint density at radius 3 is 2.87 bits per heavy atom. The first-order valence-electron chi connectivity index (χ1n) is 5.73. The highest BCUT2D eigenvalue weighted by Crippen LogP contribution is 2.19. The van der Waals surface area contributed by atoms with E-state index < -0.39 is 0 Å². The summed E-state index contributed by atoms with van der Waals surface area (Å²) in [5, 5.41) is 3.52. The number of hydrogen-bond acceptors (Lipinski definition) is 3. The van der Waals surface area contributed by atoms with E-state index in [0.29, 0.717) is 6.04 Å². The number of thioether (sulfide) groups is 1.